The fourth-order valence-corrected chi connectivity index (χ4v) is 2.02. The minimum absolute atomic E-state index is 0.0436. The molecule has 2 rings (SSSR count). The van der Waals surface area contributed by atoms with Gasteiger partial charge in [-0.05, 0) is 30.2 Å². The summed E-state index contributed by atoms with van der Waals surface area (Å²) in [7, 11) is 0. The van der Waals surface area contributed by atoms with E-state index in [4.69, 9.17) is 9.47 Å². The monoisotopic (exact) mass is 300 g/mol. The van der Waals surface area contributed by atoms with Crippen LogP contribution in [0.5, 0.6) is 5.75 Å². The third-order valence-electron chi connectivity index (χ3n) is 3.18. The lowest BCUT2D eigenvalue weighted by Crippen LogP contribution is -2.10. The van der Waals surface area contributed by atoms with Gasteiger partial charge in [0.25, 0.3) is 0 Å². The van der Waals surface area contributed by atoms with Crippen molar-refractivity contribution in [3.63, 3.8) is 0 Å². The number of hydrogen-bond acceptors (Lipinski definition) is 4. The van der Waals surface area contributed by atoms with Crippen molar-refractivity contribution < 1.29 is 19.4 Å². The smallest absolute Gasteiger partial charge is 0.308 e. The normalized spacial score (nSPS) is 11.7. The first kappa shape index (κ1) is 16.0. The van der Waals surface area contributed by atoms with Crippen molar-refractivity contribution >= 4 is 5.97 Å². The van der Waals surface area contributed by atoms with E-state index < -0.39 is 12.1 Å². The number of hydrogen-bond donors (Lipinski definition) is 1. The highest BCUT2D eigenvalue weighted by Crippen LogP contribution is 2.21. The summed E-state index contributed by atoms with van der Waals surface area (Å²) in [5.41, 5.74) is 1.76. The third-order valence-corrected chi connectivity index (χ3v) is 3.18. The number of carbonyl (C=O) groups excluding carboxylic acids is 1. The van der Waals surface area contributed by atoms with Gasteiger partial charge in [0.2, 0.25) is 0 Å². The van der Waals surface area contributed by atoms with Crippen molar-refractivity contribution in [2.45, 2.75) is 26.1 Å². The Hall–Kier alpha value is -2.33. The van der Waals surface area contributed by atoms with Crippen LogP contribution in [0, 0.1) is 0 Å². The van der Waals surface area contributed by atoms with E-state index in [1.807, 2.05) is 30.3 Å². The second kappa shape index (κ2) is 8.20. The Balaban J connectivity index is 1.88. The van der Waals surface area contributed by atoms with Crippen LogP contribution < -0.4 is 4.74 Å². The quantitative estimate of drug-likeness (QED) is 0.797. The molecule has 116 valence electrons. The lowest BCUT2D eigenvalue weighted by molar-refractivity contribution is -0.145. The molecule has 0 aliphatic carbocycles. The minimum atomic E-state index is -0.859. The van der Waals surface area contributed by atoms with E-state index in [0.29, 0.717) is 18.8 Å². The van der Waals surface area contributed by atoms with Gasteiger partial charge in [-0.2, -0.15) is 0 Å². The molecule has 0 amide bonds. The zero-order chi connectivity index (χ0) is 15.8. The third kappa shape index (κ3) is 4.90. The first-order valence-corrected chi connectivity index (χ1v) is 7.29. The molecule has 22 heavy (non-hydrogen) atoms. The second-order valence-electron chi connectivity index (χ2n) is 4.87. The Kier molecular flexibility index (Phi) is 5.98. The predicted octanol–water partition coefficient (Wildman–Crippen LogP) is 3.25. The van der Waals surface area contributed by atoms with Crippen molar-refractivity contribution in [2.24, 2.45) is 0 Å². The molecule has 0 saturated carbocycles. The number of carbonyl (C=O) groups is 1. The van der Waals surface area contributed by atoms with E-state index in [0.717, 1.165) is 11.3 Å². The summed E-state index contributed by atoms with van der Waals surface area (Å²) < 4.78 is 10.5. The molecule has 1 N–H and O–H groups in total. The van der Waals surface area contributed by atoms with Gasteiger partial charge in [0.05, 0.1) is 19.1 Å². The highest BCUT2D eigenvalue weighted by molar-refractivity contribution is 5.70. The largest absolute Gasteiger partial charge is 0.489 e. The van der Waals surface area contributed by atoms with Gasteiger partial charge in [-0.15, -0.1) is 0 Å². The van der Waals surface area contributed by atoms with E-state index in [2.05, 4.69) is 0 Å². The molecule has 4 nitrogen and oxygen atoms in total. The van der Waals surface area contributed by atoms with Gasteiger partial charge in [-0.1, -0.05) is 42.5 Å². The van der Waals surface area contributed by atoms with Crippen molar-refractivity contribution in [3.8, 4) is 5.75 Å². The zero-order valence-electron chi connectivity index (χ0n) is 12.6. The lowest BCUT2D eigenvalue weighted by Gasteiger charge is -2.11. The number of benzene rings is 2. The molecule has 0 aromatic heterocycles. The molecular formula is C18H20O4. The van der Waals surface area contributed by atoms with Crippen molar-refractivity contribution in [3.05, 3.63) is 65.7 Å². The molecule has 0 aliphatic rings. The number of aliphatic hydroxyl groups excluding tert-OH is 1. The van der Waals surface area contributed by atoms with Gasteiger partial charge in [-0.3, -0.25) is 4.79 Å². The SMILES string of the molecule is CCOC(=O)C[C@@H](O)c1ccc(OCc2ccccc2)cc1. The maximum absolute atomic E-state index is 11.3. The molecule has 2 aromatic carbocycles. The van der Waals surface area contributed by atoms with Crippen LogP contribution in [0.3, 0.4) is 0 Å². The molecule has 0 aliphatic heterocycles. The van der Waals surface area contributed by atoms with Crippen LogP contribution in [0.2, 0.25) is 0 Å². The molecule has 0 saturated heterocycles. The van der Waals surface area contributed by atoms with E-state index in [9.17, 15) is 9.90 Å². The molecule has 2 aromatic rings. The van der Waals surface area contributed by atoms with E-state index in [1.54, 1.807) is 31.2 Å². The van der Waals surface area contributed by atoms with Gasteiger partial charge in [0, 0.05) is 0 Å². The predicted molar refractivity (Wildman–Crippen MR) is 83.4 cm³/mol. The molecule has 1 atom stereocenters. The molecule has 0 unspecified atom stereocenters. The first-order chi connectivity index (χ1) is 10.7. The molecule has 0 spiro atoms. The van der Waals surface area contributed by atoms with Gasteiger partial charge in [0.15, 0.2) is 0 Å². The second-order valence-corrected chi connectivity index (χ2v) is 4.87. The minimum Gasteiger partial charge on any atom is -0.489 e. The van der Waals surface area contributed by atoms with Gasteiger partial charge < -0.3 is 14.6 Å². The fraction of sp³-hybridized carbons (Fsp3) is 0.278. The van der Waals surface area contributed by atoms with Crippen molar-refractivity contribution in [1.82, 2.24) is 0 Å². The fourth-order valence-electron chi connectivity index (χ4n) is 2.02. The Morgan fingerprint density at radius 3 is 2.41 bits per heavy atom. The summed E-state index contributed by atoms with van der Waals surface area (Å²) >= 11 is 0. The van der Waals surface area contributed by atoms with Crippen LogP contribution in [-0.2, 0) is 16.1 Å². The van der Waals surface area contributed by atoms with E-state index in [-0.39, 0.29) is 6.42 Å². The summed E-state index contributed by atoms with van der Waals surface area (Å²) in [6.07, 6.45) is -0.903. The highest BCUT2D eigenvalue weighted by atomic mass is 16.5. The number of rotatable bonds is 7. The lowest BCUT2D eigenvalue weighted by atomic mass is 10.1. The Bertz CT molecular complexity index is 578. The molecular weight excluding hydrogens is 280 g/mol. The van der Waals surface area contributed by atoms with Crippen LogP contribution in [0.15, 0.2) is 54.6 Å². The number of esters is 1. The summed E-state index contributed by atoms with van der Waals surface area (Å²) in [6.45, 7) is 2.55. The summed E-state index contributed by atoms with van der Waals surface area (Å²) in [5.74, 6) is 0.315. The van der Waals surface area contributed by atoms with Gasteiger partial charge in [-0.25, -0.2) is 0 Å². The van der Waals surface area contributed by atoms with Crippen LogP contribution >= 0.6 is 0 Å². The number of ether oxygens (including phenoxy) is 2. The summed E-state index contributed by atoms with van der Waals surface area (Å²) in [6, 6.07) is 17.0. The zero-order valence-corrected chi connectivity index (χ0v) is 12.6. The Morgan fingerprint density at radius 2 is 1.77 bits per heavy atom. The van der Waals surface area contributed by atoms with Crippen LogP contribution in [0.1, 0.15) is 30.6 Å². The van der Waals surface area contributed by atoms with Gasteiger partial charge in [0.1, 0.15) is 12.4 Å². The first-order valence-electron chi connectivity index (χ1n) is 7.29. The van der Waals surface area contributed by atoms with Crippen LogP contribution in [0.25, 0.3) is 0 Å². The molecule has 4 heteroatoms. The summed E-state index contributed by atoms with van der Waals surface area (Å²) in [4.78, 5) is 11.3. The van der Waals surface area contributed by atoms with Crippen LogP contribution in [0.4, 0.5) is 0 Å². The maximum atomic E-state index is 11.3. The number of aliphatic hydroxyl groups is 1. The molecule has 0 fully saturated rings. The van der Waals surface area contributed by atoms with Crippen molar-refractivity contribution in [2.75, 3.05) is 6.61 Å². The molecule has 0 radical (unpaired) electrons. The topological polar surface area (TPSA) is 55.8 Å². The summed E-state index contributed by atoms with van der Waals surface area (Å²) in [5, 5.41) is 9.97. The molecule has 0 bridgehead atoms. The maximum Gasteiger partial charge on any atom is 0.308 e. The van der Waals surface area contributed by atoms with E-state index >= 15 is 0 Å². The Labute approximate surface area is 130 Å². The van der Waals surface area contributed by atoms with Crippen molar-refractivity contribution in [1.29, 1.82) is 0 Å². The van der Waals surface area contributed by atoms with Crippen LogP contribution in [-0.4, -0.2) is 17.7 Å². The average Bonchev–Trinajstić information content (AvgIpc) is 2.54. The highest BCUT2D eigenvalue weighted by Gasteiger charge is 2.13. The van der Waals surface area contributed by atoms with Gasteiger partial charge >= 0.3 is 5.97 Å². The molecule has 0 heterocycles. The Morgan fingerprint density at radius 1 is 1.09 bits per heavy atom. The van der Waals surface area contributed by atoms with E-state index in [1.165, 1.54) is 0 Å². The average molecular weight is 300 g/mol. The standard InChI is InChI=1S/C18H20O4/c1-2-21-18(20)12-17(19)15-8-10-16(11-9-15)22-13-14-6-4-3-5-7-14/h3-11,17,19H,2,12-13H2,1H3/t17-/m1/s1.